The van der Waals surface area contributed by atoms with Gasteiger partial charge in [-0.1, -0.05) is 58.5 Å². The Bertz CT molecular complexity index is 701. The zero-order chi connectivity index (χ0) is 15.9. The van der Waals surface area contributed by atoms with Gasteiger partial charge in [0.1, 0.15) is 10.7 Å². The van der Waals surface area contributed by atoms with Crippen LogP contribution in [0.15, 0.2) is 64.2 Å². The van der Waals surface area contributed by atoms with Crippen LogP contribution < -0.4 is 16.5 Å². The van der Waals surface area contributed by atoms with E-state index in [1.807, 2.05) is 54.6 Å². The van der Waals surface area contributed by atoms with Crippen molar-refractivity contribution >= 4 is 50.6 Å². The number of urea groups is 1. The summed E-state index contributed by atoms with van der Waals surface area (Å²) in [6, 6.07) is 16.1. The van der Waals surface area contributed by atoms with E-state index < -0.39 is 6.03 Å². The molecular formula is C15H13BrN4OS. The van der Waals surface area contributed by atoms with Gasteiger partial charge in [-0.3, -0.25) is 0 Å². The van der Waals surface area contributed by atoms with Crippen LogP contribution in [0.1, 0.15) is 5.56 Å². The molecule has 2 rings (SSSR count). The molecule has 2 aromatic rings. The predicted octanol–water partition coefficient (Wildman–Crippen LogP) is 3.26. The second-order valence-corrected chi connectivity index (χ2v) is 5.59. The minimum Gasteiger partial charge on any atom is -0.350 e. The molecule has 2 amide bonds. The van der Waals surface area contributed by atoms with Gasteiger partial charge in [-0.05, 0) is 24.3 Å². The van der Waals surface area contributed by atoms with Crippen LogP contribution in [0.5, 0.6) is 0 Å². The smallest absolute Gasteiger partial charge is 0.332 e. The van der Waals surface area contributed by atoms with Crippen LogP contribution in [-0.4, -0.2) is 16.7 Å². The number of rotatable bonds is 4. The Kier molecular flexibility index (Phi) is 5.62. The molecule has 0 aliphatic heterocycles. The third kappa shape index (κ3) is 4.64. The standard InChI is InChI=1S/C15H13BrN4OS/c16-11-6-8-12(9-7-11)18-14(22)13(19-20-15(17)21)10-4-2-1-3-5-10/h1-9H,(H,18,22)(H3,17,20,21)/b19-13+. The monoisotopic (exact) mass is 376 g/mol. The summed E-state index contributed by atoms with van der Waals surface area (Å²) < 4.78 is 0.969. The number of hydrogen-bond acceptors (Lipinski definition) is 3. The van der Waals surface area contributed by atoms with Gasteiger partial charge in [-0.25, -0.2) is 10.2 Å². The second kappa shape index (κ2) is 7.67. The number of carbonyl (C=O) groups is 1. The highest BCUT2D eigenvalue weighted by Gasteiger charge is 2.11. The molecule has 0 aliphatic rings. The maximum atomic E-state index is 10.9. The van der Waals surface area contributed by atoms with E-state index >= 15 is 0 Å². The second-order valence-electron chi connectivity index (χ2n) is 4.26. The number of nitrogens with one attached hydrogen (secondary N) is 2. The highest BCUT2D eigenvalue weighted by atomic mass is 79.9. The van der Waals surface area contributed by atoms with Crippen molar-refractivity contribution in [3.63, 3.8) is 0 Å². The number of halogens is 1. The third-order valence-electron chi connectivity index (χ3n) is 2.64. The van der Waals surface area contributed by atoms with Crippen molar-refractivity contribution in [1.29, 1.82) is 0 Å². The molecule has 0 fully saturated rings. The van der Waals surface area contributed by atoms with E-state index in [0.717, 1.165) is 15.7 Å². The van der Waals surface area contributed by atoms with Gasteiger partial charge in [0.05, 0.1) is 0 Å². The van der Waals surface area contributed by atoms with Gasteiger partial charge in [0.15, 0.2) is 0 Å². The summed E-state index contributed by atoms with van der Waals surface area (Å²) in [5.74, 6) is 0. The molecular weight excluding hydrogens is 364 g/mol. The lowest BCUT2D eigenvalue weighted by molar-refractivity contribution is 0.249. The van der Waals surface area contributed by atoms with Crippen molar-refractivity contribution in [2.75, 3.05) is 5.32 Å². The van der Waals surface area contributed by atoms with Crippen LogP contribution in [0.2, 0.25) is 0 Å². The van der Waals surface area contributed by atoms with Crippen LogP contribution in [-0.2, 0) is 0 Å². The van der Waals surface area contributed by atoms with Crippen LogP contribution >= 0.6 is 28.1 Å². The van der Waals surface area contributed by atoms with Gasteiger partial charge in [0, 0.05) is 15.7 Å². The van der Waals surface area contributed by atoms with Gasteiger partial charge < -0.3 is 11.1 Å². The third-order valence-corrected chi connectivity index (χ3v) is 3.47. The lowest BCUT2D eigenvalue weighted by atomic mass is 10.1. The van der Waals surface area contributed by atoms with E-state index in [1.54, 1.807) is 0 Å². The number of primary amides is 1. The zero-order valence-electron chi connectivity index (χ0n) is 11.4. The summed E-state index contributed by atoms with van der Waals surface area (Å²) >= 11 is 8.75. The Balaban J connectivity index is 2.24. The first-order valence-corrected chi connectivity index (χ1v) is 7.52. The predicted molar refractivity (Wildman–Crippen MR) is 96.1 cm³/mol. The van der Waals surface area contributed by atoms with Gasteiger partial charge in [0.25, 0.3) is 0 Å². The number of nitrogens with zero attached hydrogens (tertiary/aromatic N) is 1. The minimum atomic E-state index is -0.750. The van der Waals surface area contributed by atoms with Crippen molar-refractivity contribution in [2.45, 2.75) is 0 Å². The fraction of sp³-hybridized carbons (Fsp3) is 0. The minimum absolute atomic E-state index is 0.377. The molecule has 7 heteroatoms. The number of nitrogens with two attached hydrogens (primary N) is 1. The molecule has 0 aliphatic carbocycles. The molecule has 2 aromatic carbocycles. The Morgan fingerprint density at radius 3 is 2.32 bits per heavy atom. The molecule has 112 valence electrons. The van der Waals surface area contributed by atoms with E-state index in [4.69, 9.17) is 18.0 Å². The lowest BCUT2D eigenvalue weighted by Gasteiger charge is -2.11. The Morgan fingerprint density at radius 1 is 1.09 bits per heavy atom. The van der Waals surface area contributed by atoms with E-state index in [-0.39, 0.29) is 0 Å². The van der Waals surface area contributed by atoms with Gasteiger partial charge in [0.2, 0.25) is 0 Å². The summed E-state index contributed by atoms with van der Waals surface area (Å²) in [5, 5.41) is 7.07. The number of hydrogen-bond donors (Lipinski definition) is 3. The van der Waals surface area contributed by atoms with Crippen LogP contribution in [0, 0.1) is 0 Å². The van der Waals surface area contributed by atoms with Crippen molar-refractivity contribution in [3.8, 4) is 0 Å². The van der Waals surface area contributed by atoms with Crippen molar-refractivity contribution in [1.82, 2.24) is 5.43 Å². The topological polar surface area (TPSA) is 79.5 Å². The number of benzene rings is 2. The van der Waals surface area contributed by atoms with Crippen LogP contribution in [0.25, 0.3) is 0 Å². The van der Waals surface area contributed by atoms with Crippen LogP contribution in [0.3, 0.4) is 0 Å². The maximum absolute atomic E-state index is 10.9. The molecule has 5 nitrogen and oxygen atoms in total. The Hall–Kier alpha value is -2.25. The van der Waals surface area contributed by atoms with Crippen molar-refractivity contribution in [3.05, 3.63) is 64.6 Å². The molecule has 0 bridgehead atoms. The highest BCUT2D eigenvalue weighted by molar-refractivity contribution is 9.10. The van der Waals surface area contributed by atoms with E-state index in [2.05, 4.69) is 31.8 Å². The van der Waals surface area contributed by atoms with E-state index in [1.165, 1.54) is 0 Å². The summed E-state index contributed by atoms with van der Waals surface area (Å²) in [7, 11) is 0. The van der Waals surface area contributed by atoms with E-state index in [0.29, 0.717) is 10.7 Å². The first-order chi connectivity index (χ1) is 10.6. The fourth-order valence-corrected chi connectivity index (χ4v) is 2.22. The van der Waals surface area contributed by atoms with Gasteiger partial charge in [-0.15, -0.1) is 0 Å². The summed E-state index contributed by atoms with van der Waals surface area (Å²) in [5.41, 5.74) is 9.29. The fourth-order valence-electron chi connectivity index (χ4n) is 1.68. The highest BCUT2D eigenvalue weighted by Crippen LogP contribution is 2.15. The molecule has 0 heterocycles. The number of anilines is 1. The largest absolute Gasteiger partial charge is 0.350 e. The lowest BCUT2D eigenvalue weighted by Crippen LogP contribution is -2.30. The molecule has 0 unspecified atom stereocenters. The van der Waals surface area contributed by atoms with Gasteiger partial charge in [-0.2, -0.15) is 5.10 Å². The summed E-state index contributed by atoms with van der Waals surface area (Å²) in [6.45, 7) is 0. The Morgan fingerprint density at radius 2 is 1.73 bits per heavy atom. The SMILES string of the molecule is NC(=O)N/N=C(/C(=S)Nc1ccc(Br)cc1)c1ccccc1. The molecule has 0 saturated carbocycles. The average Bonchev–Trinajstić information content (AvgIpc) is 2.50. The molecule has 0 spiro atoms. The van der Waals surface area contributed by atoms with Crippen molar-refractivity contribution < 1.29 is 4.79 Å². The quantitative estimate of drug-likeness (QED) is 0.435. The average molecular weight is 377 g/mol. The summed E-state index contributed by atoms with van der Waals surface area (Å²) in [6.07, 6.45) is 0. The number of carbonyl (C=O) groups excluding carboxylic acids is 1. The van der Waals surface area contributed by atoms with Crippen molar-refractivity contribution in [2.24, 2.45) is 10.8 Å². The molecule has 0 radical (unpaired) electrons. The van der Waals surface area contributed by atoms with E-state index in [9.17, 15) is 4.79 Å². The first-order valence-electron chi connectivity index (χ1n) is 6.32. The first kappa shape index (κ1) is 16.1. The molecule has 0 saturated heterocycles. The number of amides is 2. The normalized spacial score (nSPS) is 10.9. The Labute approximate surface area is 141 Å². The molecule has 22 heavy (non-hydrogen) atoms. The molecule has 0 atom stereocenters. The van der Waals surface area contributed by atoms with Gasteiger partial charge >= 0.3 is 6.03 Å². The molecule has 0 aromatic heterocycles. The summed E-state index contributed by atoms with van der Waals surface area (Å²) in [4.78, 5) is 11.3. The zero-order valence-corrected chi connectivity index (χ0v) is 13.8. The number of hydrazone groups is 1. The molecule has 4 N–H and O–H groups in total. The van der Waals surface area contributed by atoms with Crippen LogP contribution in [0.4, 0.5) is 10.5 Å². The number of thiocarbonyl (C=S) groups is 1. The maximum Gasteiger partial charge on any atom is 0.332 e.